The predicted molar refractivity (Wildman–Crippen MR) is 108 cm³/mol. The van der Waals surface area contributed by atoms with Crippen molar-refractivity contribution in [3.8, 4) is 0 Å². The second-order valence-corrected chi connectivity index (χ2v) is 7.36. The van der Waals surface area contributed by atoms with E-state index in [2.05, 4.69) is 15.3 Å². The fraction of sp³-hybridized carbons (Fsp3) is 0.250. The molecule has 3 aromatic rings. The molecular weight excluding hydrogens is 394 g/mol. The van der Waals surface area contributed by atoms with Crippen LogP contribution < -0.4 is 10.9 Å². The molecule has 2 N–H and O–H groups in total. The summed E-state index contributed by atoms with van der Waals surface area (Å²) >= 11 is 5.90. The average Bonchev–Trinajstić information content (AvgIpc) is 2.68. The van der Waals surface area contributed by atoms with Gasteiger partial charge in [-0.05, 0) is 48.6 Å². The van der Waals surface area contributed by atoms with Gasteiger partial charge in [-0.2, -0.15) is 0 Å². The quantitative estimate of drug-likeness (QED) is 0.506. The number of benzene rings is 1. The van der Waals surface area contributed by atoms with Gasteiger partial charge in [-0.25, -0.2) is 14.8 Å². The van der Waals surface area contributed by atoms with Gasteiger partial charge < -0.3 is 10.1 Å². The second-order valence-electron chi connectivity index (χ2n) is 6.93. The Morgan fingerprint density at radius 3 is 2.76 bits per heavy atom. The highest BCUT2D eigenvalue weighted by atomic mass is 35.5. The van der Waals surface area contributed by atoms with Gasteiger partial charge in [0.1, 0.15) is 12.9 Å². The molecule has 9 heteroatoms. The van der Waals surface area contributed by atoms with Crippen molar-refractivity contribution < 1.29 is 9.53 Å². The lowest BCUT2D eigenvalue weighted by Crippen LogP contribution is -2.44. The fourth-order valence-corrected chi connectivity index (χ4v) is 3.47. The minimum atomic E-state index is -0.696. The number of pyridine rings is 1. The van der Waals surface area contributed by atoms with Gasteiger partial charge in [-0.1, -0.05) is 23.7 Å². The highest BCUT2D eigenvalue weighted by Gasteiger charge is 2.32. The number of fused-ring (bicyclic) bond motifs is 1. The molecule has 2 heterocycles. The lowest BCUT2D eigenvalue weighted by Gasteiger charge is -2.35. The Kier molecular flexibility index (Phi) is 5.26. The van der Waals surface area contributed by atoms with Crippen molar-refractivity contribution in [1.82, 2.24) is 19.9 Å². The number of amides is 1. The van der Waals surface area contributed by atoms with Gasteiger partial charge in [-0.3, -0.25) is 14.8 Å². The van der Waals surface area contributed by atoms with Crippen molar-refractivity contribution in [3.05, 3.63) is 69.9 Å². The standard InChI is InChI=1S/C20H18ClN5O3/c21-14-5-3-12(4-6-14)13-8-15(9-13)25-20(28)29-17(22)10-26-11-24-18-16(19(26)27)2-1-7-23-18/h1-7,11,13,15,22H,8-10H2,(H,25,28). The number of nitrogens with one attached hydrogen (secondary N) is 2. The van der Waals surface area contributed by atoms with E-state index in [0.717, 1.165) is 12.8 Å². The number of alkyl carbamates (subject to hydrolysis) is 1. The maximum Gasteiger partial charge on any atom is 0.413 e. The molecule has 148 valence electrons. The van der Waals surface area contributed by atoms with Gasteiger partial charge in [-0.15, -0.1) is 0 Å². The molecular formula is C20H18ClN5O3. The van der Waals surface area contributed by atoms with Crippen LogP contribution >= 0.6 is 11.6 Å². The summed E-state index contributed by atoms with van der Waals surface area (Å²) in [4.78, 5) is 32.5. The molecule has 8 nitrogen and oxygen atoms in total. The van der Waals surface area contributed by atoms with Crippen LogP contribution in [0.4, 0.5) is 4.79 Å². The molecule has 0 spiro atoms. The normalized spacial score (nSPS) is 18.1. The van der Waals surface area contributed by atoms with Crippen LogP contribution in [0.15, 0.2) is 53.7 Å². The minimum Gasteiger partial charge on any atom is -0.394 e. The van der Waals surface area contributed by atoms with E-state index in [1.807, 2.05) is 24.3 Å². The molecule has 0 atom stereocenters. The summed E-state index contributed by atoms with van der Waals surface area (Å²) in [6.07, 6.45) is 3.73. The van der Waals surface area contributed by atoms with Gasteiger partial charge in [0.15, 0.2) is 5.65 Å². The zero-order valence-corrected chi connectivity index (χ0v) is 16.1. The van der Waals surface area contributed by atoms with E-state index in [1.54, 1.807) is 18.3 Å². The lowest BCUT2D eigenvalue weighted by molar-refractivity contribution is 0.178. The monoisotopic (exact) mass is 411 g/mol. The Labute approximate surface area is 171 Å². The number of rotatable bonds is 4. The zero-order valence-electron chi connectivity index (χ0n) is 15.3. The van der Waals surface area contributed by atoms with E-state index in [-0.39, 0.29) is 24.0 Å². The molecule has 1 aliphatic rings. The number of hydrogen-bond donors (Lipinski definition) is 2. The molecule has 1 saturated carbocycles. The maximum absolute atomic E-state index is 12.4. The first kappa shape index (κ1) is 19.1. The van der Waals surface area contributed by atoms with E-state index in [0.29, 0.717) is 22.0 Å². The Morgan fingerprint density at radius 1 is 1.24 bits per heavy atom. The van der Waals surface area contributed by atoms with Crippen LogP contribution in [0.2, 0.25) is 5.02 Å². The SMILES string of the molecule is N=C(Cn1cnc2ncccc2c1=O)OC(=O)NC1CC(c2ccc(Cl)cc2)C1. The number of ether oxygens (including phenoxy) is 1. The molecule has 1 aliphatic carbocycles. The third-order valence-corrected chi connectivity index (χ3v) is 5.18. The summed E-state index contributed by atoms with van der Waals surface area (Å²) in [5, 5.41) is 11.7. The molecule has 1 fully saturated rings. The largest absolute Gasteiger partial charge is 0.413 e. The molecule has 4 rings (SSSR count). The summed E-state index contributed by atoms with van der Waals surface area (Å²) in [6, 6.07) is 10.9. The Balaban J connectivity index is 1.28. The first-order valence-corrected chi connectivity index (χ1v) is 9.49. The minimum absolute atomic E-state index is 0.00731. The number of halogens is 1. The van der Waals surface area contributed by atoms with Crippen LogP contribution in [0, 0.1) is 5.41 Å². The summed E-state index contributed by atoms with van der Waals surface area (Å²) in [5.74, 6) is 0.0242. The number of carbonyl (C=O) groups is 1. The Bertz CT molecular complexity index is 1120. The van der Waals surface area contributed by atoms with Gasteiger partial charge in [0.25, 0.3) is 5.56 Å². The number of hydrogen-bond acceptors (Lipinski definition) is 6. The van der Waals surface area contributed by atoms with Crippen molar-refractivity contribution in [3.63, 3.8) is 0 Å². The first-order valence-electron chi connectivity index (χ1n) is 9.11. The van der Waals surface area contributed by atoms with E-state index >= 15 is 0 Å². The topological polar surface area (TPSA) is 110 Å². The van der Waals surface area contributed by atoms with Gasteiger partial charge >= 0.3 is 6.09 Å². The van der Waals surface area contributed by atoms with Crippen LogP contribution in [-0.4, -0.2) is 32.6 Å². The van der Waals surface area contributed by atoms with Crippen LogP contribution in [0.5, 0.6) is 0 Å². The van der Waals surface area contributed by atoms with Crippen molar-refractivity contribution in [1.29, 1.82) is 5.41 Å². The fourth-order valence-electron chi connectivity index (χ4n) is 3.35. The third-order valence-electron chi connectivity index (χ3n) is 4.93. The van der Waals surface area contributed by atoms with Crippen LogP contribution in [0.25, 0.3) is 11.0 Å². The molecule has 1 aromatic carbocycles. The van der Waals surface area contributed by atoms with E-state index in [9.17, 15) is 9.59 Å². The molecule has 2 aromatic heterocycles. The van der Waals surface area contributed by atoms with Crippen molar-refractivity contribution >= 4 is 34.6 Å². The lowest BCUT2D eigenvalue weighted by atomic mass is 9.76. The summed E-state index contributed by atoms with van der Waals surface area (Å²) in [5.41, 5.74) is 1.17. The zero-order chi connectivity index (χ0) is 20.4. The predicted octanol–water partition coefficient (Wildman–Crippen LogP) is 3.09. The van der Waals surface area contributed by atoms with Crippen molar-refractivity contribution in [2.75, 3.05) is 0 Å². The molecule has 0 bridgehead atoms. The number of aromatic nitrogens is 3. The van der Waals surface area contributed by atoms with E-state index < -0.39 is 6.09 Å². The molecule has 0 aliphatic heterocycles. The maximum atomic E-state index is 12.4. The third kappa shape index (κ3) is 4.27. The van der Waals surface area contributed by atoms with Crippen LogP contribution in [0.3, 0.4) is 0 Å². The Hall–Kier alpha value is -3.26. The number of nitrogens with zero attached hydrogens (tertiary/aromatic N) is 3. The van der Waals surface area contributed by atoms with Crippen LogP contribution in [0.1, 0.15) is 24.3 Å². The molecule has 0 unspecified atom stereocenters. The second kappa shape index (κ2) is 8.00. The summed E-state index contributed by atoms with van der Waals surface area (Å²) < 4.78 is 6.21. The molecule has 29 heavy (non-hydrogen) atoms. The highest BCUT2D eigenvalue weighted by molar-refractivity contribution is 6.30. The molecule has 0 radical (unpaired) electrons. The van der Waals surface area contributed by atoms with Gasteiger partial charge in [0.2, 0.25) is 5.90 Å². The smallest absolute Gasteiger partial charge is 0.394 e. The molecule has 1 amide bonds. The van der Waals surface area contributed by atoms with Crippen LogP contribution in [-0.2, 0) is 11.3 Å². The number of carbonyl (C=O) groups excluding carboxylic acids is 1. The summed E-state index contributed by atoms with van der Waals surface area (Å²) in [6.45, 7) is -0.192. The van der Waals surface area contributed by atoms with Crippen molar-refractivity contribution in [2.45, 2.75) is 31.3 Å². The van der Waals surface area contributed by atoms with E-state index in [4.69, 9.17) is 21.7 Å². The van der Waals surface area contributed by atoms with Gasteiger partial charge in [0, 0.05) is 17.3 Å². The van der Waals surface area contributed by atoms with Gasteiger partial charge in [0.05, 0.1) is 5.39 Å². The highest BCUT2D eigenvalue weighted by Crippen LogP contribution is 2.37. The average molecular weight is 412 g/mol. The Morgan fingerprint density at radius 2 is 2.00 bits per heavy atom. The van der Waals surface area contributed by atoms with Crippen molar-refractivity contribution in [2.24, 2.45) is 0 Å². The summed E-state index contributed by atoms with van der Waals surface area (Å²) in [7, 11) is 0. The molecule has 0 saturated heterocycles. The first-order chi connectivity index (χ1) is 14.0. The van der Waals surface area contributed by atoms with E-state index in [1.165, 1.54) is 16.5 Å².